The van der Waals surface area contributed by atoms with Gasteiger partial charge in [0, 0.05) is 9.92 Å². The van der Waals surface area contributed by atoms with E-state index in [1.54, 1.807) is 42.5 Å². The minimum atomic E-state index is -0.954. The van der Waals surface area contributed by atoms with Crippen molar-refractivity contribution in [3.05, 3.63) is 64.9 Å². The fourth-order valence-electron chi connectivity index (χ4n) is 1.75. The highest BCUT2D eigenvalue weighted by Gasteiger charge is 2.09. The van der Waals surface area contributed by atoms with E-state index >= 15 is 0 Å². The van der Waals surface area contributed by atoms with Crippen LogP contribution in [0.1, 0.15) is 5.56 Å². The predicted molar refractivity (Wildman–Crippen MR) is 89.1 cm³/mol. The number of rotatable bonds is 5. The summed E-state index contributed by atoms with van der Waals surface area (Å²) in [6.45, 7) is -0.0864. The van der Waals surface area contributed by atoms with Crippen molar-refractivity contribution >= 4 is 35.5 Å². The summed E-state index contributed by atoms with van der Waals surface area (Å²) in [5.74, 6) is -0.358. The summed E-state index contributed by atoms with van der Waals surface area (Å²) in [6, 6.07) is 10.8. The Balaban J connectivity index is 2.20. The summed E-state index contributed by atoms with van der Waals surface area (Å²) < 4.78 is 14.1. The minimum absolute atomic E-state index is 0.0864. The monoisotopic (exact) mass is 352 g/mol. The maximum absolute atomic E-state index is 14.1. The van der Waals surface area contributed by atoms with E-state index in [9.17, 15) is 14.4 Å². The van der Waals surface area contributed by atoms with Crippen molar-refractivity contribution in [3.8, 4) is 0 Å². The van der Waals surface area contributed by atoms with Crippen LogP contribution in [0.25, 0.3) is 6.08 Å². The lowest BCUT2D eigenvalue weighted by Crippen LogP contribution is -2.32. The van der Waals surface area contributed by atoms with E-state index in [1.165, 1.54) is 23.9 Å². The zero-order valence-electron chi connectivity index (χ0n) is 11.9. The number of nitrogens with two attached hydrogens (primary N) is 1. The molecule has 120 valence electrons. The second-order valence-electron chi connectivity index (χ2n) is 4.54. The second kappa shape index (κ2) is 8.01. The molecule has 23 heavy (non-hydrogen) atoms. The number of halogens is 2. The molecule has 0 saturated heterocycles. The molecule has 0 unspecified atom stereocenters. The number of primary amides is 1. The summed E-state index contributed by atoms with van der Waals surface area (Å²) in [7, 11) is 0. The van der Waals surface area contributed by atoms with E-state index in [-0.39, 0.29) is 12.4 Å². The van der Waals surface area contributed by atoms with Gasteiger partial charge in [-0.2, -0.15) is 0 Å². The van der Waals surface area contributed by atoms with Gasteiger partial charge in [0.1, 0.15) is 5.82 Å². The zero-order chi connectivity index (χ0) is 16.8. The van der Waals surface area contributed by atoms with E-state index in [4.69, 9.17) is 17.3 Å². The van der Waals surface area contributed by atoms with Gasteiger partial charge in [-0.15, -0.1) is 0 Å². The van der Waals surface area contributed by atoms with Crippen LogP contribution in [0.5, 0.6) is 0 Å². The van der Waals surface area contributed by atoms with E-state index in [2.05, 4.69) is 0 Å². The van der Waals surface area contributed by atoms with Gasteiger partial charge in [0.15, 0.2) is 0 Å². The topological polar surface area (TPSA) is 66.6 Å². The molecular formula is C16H14ClFN2O2S. The van der Waals surface area contributed by atoms with E-state index in [1.807, 2.05) is 0 Å². The molecule has 7 heteroatoms. The Morgan fingerprint density at radius 3 is 2.65 bits per heavy atom. The molecule has 0 atom stereocenters. The van der Waals surface area contributed by atoms with Crippen LogP contribution in [0, 0.1) is 5.82 Å². The molecule has 0 aliphatic rings. The van der Waals surface area contributed by atoms with Crippen molar-refractivity contribution in [2.75, 3.05) is 6.54 Å². The van der Waals surface area contributed by atoms with Gasteiger partial charge in [-0.05, 0) is 35.9 Å². The van der Waals surface area contributed by atoms with Crippen LogP contribution < -0.4 is 5.73 Å². The Bertz CT molecular complexity index is 723. The molecule has 2 amide bonds. The molecule has 2 rings (SSSR count). The average Bonchev–Trinajstić information content (AvgIpc) is 2.52. The van der Waals surface area contributed by atoms with Crippen molar-refractivity contribution in [2.45, 2.75) is 9.79 Å². The molecule has 0 heterocycles. The zero-order valence-corrected chi connectivity index (χ0v) is 13.5. The van der Waals surface area contributed by atoms with Crippen molar-refractivity contribution in [1.29, 1.82) is 0 Å². The van der Waals surface area contributed by atoms with Crippen LogP contribution in [-0.2, 0) is 0 Å². The largest absolute Gasteiger partial charge is 0.350 e. The minimum Gasteiger partial charge on any atom is -0.350 e. The van der Waals surface area contributed by atoms with Gasteiger partial charge < -0.3 is 5.73 Å². The lowest BCUT2D eigenvalue weighted by atomic mass is 10.2. The van der Waals surface area contributed by atoms with Crippen LogP contribution in [0.2, 0.25) is 5.02 Å². The third-order valence-electron chi connectivity index (χ3n) is 2.86. The first kappa shape index (κ1) is 17.3. The number of carbonyl (C=O) groups is 1. The molecule has 0 radical (unpaired) electrons. The first-order chi connectivity index (χ1) is 11.0. The van der Waals surface area contributed by atoms with Gasteiger partial charge in [-0.25, -0.2) is 14.2 Å². The van der Waals surface area contributed by atoms with E-state index < -0.39 is 6.03 Å². The summed E-state index contributed by atoms with van der Waals surface area (Å²) in [6.07, 6.45) is 3.14. The van der Waals surface area contributed by atoms with Crippen LogP contribution >= 0.6 is 23.4 Å². The van der Waals surface area contributed by atoms with E-state index in [0.717, 1.165) is 4.90 Å². The van der Waals surface area contributed by atoms with Crippen molar-refractivity contribution in [3.63, 3.8) is 0 Å². The van der Waals surface area contributed by atoms with Gasteiger partial charge >= 0.3 is 6.03 Å². The molecule has 0 saturated carbocycles. The van der Waals surface area contributed by atoms with Crippen molar-refractivity contribution in [1.82, 2.24) is 5.06 Å². The van der Waals surface area contributed by atoms with Crippen molar-refractivity contribution in [2.24, 2.45) is 5.73 Å². The number of hydrogen-bond acceptors (Lipinski definition) is 3. The van der Waals surface area contributed by atoms with E-state index in [0.29, 0.717) is 20.5 Å². The number of urea groups is 1. The maximum Gasteiger partial charge on any atom is 0.338 e. The lowest BCUT2D eigenvalue weighted by Gasteiger charge is -2.09. The third kappa shape index (κ3) is 4.99. The first-order valence-corrected chi connectivity index (χ1v) is 7.81. The Morgan fingerprint density at radius 1 is 1.30 bits per heavy atom. The number of benzene rings is 2. The Hall–Kier alpha value is -2.02. The first-order valence-electron chi connectivity index (χ1n) is 6.61. The number of amides is 2. The molecule has 3 N–H and O–H groups in total. The number of hydroxylamine groups is 2. The molecule has 0 spiro atoms. The third-order valence-corrected chi connectivity index (χ3v) is 4.26. The number of nitrogens with zero attached hydrogens (tertiary/aromatic N) is 1. The number of carbonyl (C=O) groups excluding carboxylic acids is 1. The van der Waals surface area contributed by atoms with Gasteiger partial charge in [-0.3, -0.25) is 5.21 Å². The van der Waals surface area contributed by atoms with Crippen molar-refractivity contribution < 1.29 is 14.4 Å². The molecule has 2 aromatic rings. The van der Waals surface area contributed by atoms with Crippen LogP contribution in [0.3, 0.4) is 0 Å². The summed E-state index contributed by atoms with van der Waals surface area (Å²) in [4.78, 5) is 12.0. The lowest BCUT2D eigenvalue weighted by molar-refractivity contribution is -0.0286. The molecule has 0 fully saturated rings. The standard InChI is InChI=1S/C16H14ClFN2O2S/c17-12-6-8-13(9-7-12)23-15-11(3-1-5-14(15)18)4-2-10-20(22)16(19)21/h1-9,22H,10H2,(H2,19,21). The fraction of sp³-hybridized carbons (Fsp3) is 0.0625. The molecule has 0 aromatic heterocycles. The second-order valence-corrected chi connectivity index (χ2v) is 6.06. The SMILES string of the molecule is NC(=O)N(O)CC=Cc1cccc(F)c1Sc1ccc(Cl)cc1. The molecular weight excluding hydrogens is 339 g/mol. The fourth-order valence-corrected chi connectivity index (χ4v) is 2.81. The van der Waals surface area contributed by atoms with Crippen LogP contribution in [0.15, 0.2) is 58.3 Å². The van der Waals surface area contributed by atoms with Gasteiger partial charge in [-0.1, -0.05) is 47.6 Å². The summed E-state index contributed by atoms with van der Waals surface area (Å²) in [5.41, 5.74) is 5.54. The molecule has 0 aliphatic heterocycles. The van der Waals surface area contributed by atoms with Gasteiger partial charge in [0.05, 0.1) is 11.4 Å². The maximum atomic E-state index is 14.1. The summed E-state index contributed by atoms with van der Waals surface area (Å²) >= 11 is 7.10. The molecule has 4 nitrogen and oxygen atoms in total. The summed E-state index contributed by atoms with van der Waals surface area (Å²) in [5, 5.41) is 10.2. The average molecular weight is 353 g/mol. The van der Waals surface area contributed by atoms with Gasteiger partial charge in [0.2, 0.25) is 0 Å². The van der Waals surface area contributed by atoms with Crippen LogP contribution in [0.4, 0.5) is 9.18 Å². The predicted octanol–water partition coefficient (Wildman–Crippen LogP) is 4.41. The Kier molecular flexibility index (Phi) is 6.04. The molecule has 0 bridgehead atoms. The smallest absolute Gasteiger partial charge is 0.338 e. The Labute approximate surface area is 142 Å². The Morgan fingerprint density at radius 2 is 2.00 bits per heavy atom. The normalized spacial score (nSPS) is 10.9. The number of hydrogen-bond donors (Lipinski definition) is 2. The molecule has 0 aliphatic carbocycles. The highest BCUT2D eigenvalue weighted by atomic mass is 35.5. The van der Waals surface area contributed by atoms with Gasteiger partial charge in [0.25, 0.3) is 0 Å². The quantitative estimate of drug-likeness (QED) is 0.618. The highest BCUT2D eigenvalue weighted by molar-refractivity contribution is 7.99. The highest BCUT2D eigenvalue weighted by Crippen LogP contribution is 2.33. The molecule has 2 aromatic carbocycles. The van der Waals surface area contributed by atoms with Crippen LogP contribution in [-0.4, -0.2) is 22.8 Å².